The van der Waals surface area contributed by atoms with Crippen LogP contribution in [-0.2, 0) is 9.53 Å². The molecule has 10 nitrogen and oxygen atoms in total. The number of halogens is 1. The van der Waals surface area contributed by atoms with Crippen LogP contribution in [0.15, 0.2) is 0 Å². The average Bonchev–Trinajstić information content (AvgIpc) is 3.09. The number of fused-ring (bicyclic) bond motifs is 1. The largest absolute Gasteiger partial charge is 0.379 e. The van der Waals surface area contributed by atoms with Gasteiger partial charge in [-0.15, -0.1) is 11.6 Å². The molecular weight excluding hydrogens is 432 g/mol. The Balaban J connectivity index is 1.16. The third kappa shape index (κ3) is 4.67. The molecule has 5 saturated heterocycles. The maximum atomic E-state index is 13.3. The van der Waals surface area contributed by atoms with Crippen LogP contribution in [0.1, 0.15) is 19.3 Å². The highest BCUT2D eigenvalue weighted by atomic mass is 35.5. The van der Waals surface area contributed by atoms with Crippen LogP contribution >= 0.6 is 11.6 Å². The van der Waals surface area contributed by atoms with Gasteiger partial charge in [0.2, 0.25) is 5.91 Å². The normalized spacial score (nSPS) is 40.7. The number of hydrazine groups is 1. The van der Waals surface area contributed by atoms with Gasteiger partial charge in [0, 0.05) is 65.0 Å². The third-order valence-corrected chi connectivity index (χ3v) is 8.38. The summed E-state index contributed by atoms with van der Waals surface area (Å²) in [6.07, 6.45) is 3.34. The first-order valence-corrected chi connectivity index (χ1v) is 12.6. The molecule has 182 valence electrons. The molecule has 6 unspecified atom stereocenters. The van der Waals surface area contributed by atoms with E-state index in [4.69, 9.17) is 22.1 Å². The summed E-state index contributed by atoms with van der Waals surface area (Å²) in [7, 11) is 1.81. The summed E-state index contributed by atoms with van der Waals surface area (Å²) in [5, 5.41) is 12.2. The zero-order valence-corrected chi connectivity index (χ0v) is 19.8. The number of carbonyl (C=O) groups excluding carboxylic acids is 1. The average molecular weight is 471 g/mol. The fourth-order valence-electron chi connectivity index (χ4n) is 6.19. The van der Waals surface area contributed by atoms with Crippen molar-refractivity contribution in [3.05, 3.63) is 0 Å². The smallest absolute Gasteiger partial charge is 0.229 e. The number of rotatable bonds is 5. The predicted molar refractivity (Wildman–Crippen MR) is 123 cm³/mol. The Bertz CT molecular complexity index is 660. The van der Waals surface area contributed by atoms with Crippen LogP contribution in [0.5, 0.6) is 0 Å². The molecule has 0 radical (unpaired) electrons. The van der Waals surface area contributed by atoms with Gasteiger partial charge >= 0.3 is 0 Å². The third-order valence-electron chi connectivity index (χ3n) is 8.09. The monoisotopic (exact) mass is 470 g/mol. The summed E-state index contributed by atoms with van der Waals surface area (Å²) in [4.78, 5) is 18.5. The lowest BCUT2D eigenvalue weighted by Gasteiger charge is -2.49. The van der Waals surface area contributed by atoms with Gasteiger partial charge in [-0.25, -0.2) is 10.4 Å². The number of nitrogens with one attached hydrogen (secondary N) is 4. The van der Waals surface area contributed by atoms with Gasteiger partial charge in [-0.3, -0.25) is 19.9 Å². The van der Waals surface area contributed by atoms with Gasteiger partial charge in [0.05, 0.1) is 35.8 Å². The Kier molecular flexibility index (Phi) is 7.23. The maximum absolute atomic E-state index is 13.3. The number of alkyl halides is 1. The van der Waals surface area contributed by atoms with Gasteiger partial charge < -0.3 is 21.1 Å². The summed E-state index contributed by atoms with van der Waals surface area (Å²) >= 11 is 6.27. The van der Waals surface area contributed by atoms with Crippen molar-refractivity contribution in [2.75, 3.05) is 59.5 Å². The molecule has 0 aromatic heterocycles. The topological polar surface area (TPSA) is 110 Å². The first-order valence-electron chi connectivity index (χ1n) is 12.2. The van der Waals surface area contributed by atoms with Crippen molar-refractivity contribution in [1.82, 2.24) is 36.2 Å². The Morgan fingerprint density at radius 1 is 1.12 bits per heavy atom. The highest BCUT2D eigenvalue weighted by Crippen LogP contribution is 2.27. The molecular formula is C21H39ClN8O2. The number of nitrogens with zero attached hydrogens (tertiary/aromatic N) is 3. The van der Waals surface area contributed by atoms with Crippen molar-refractivity contribution >= 4 is 17.5 Å². The summed E-state index contributed by atoms with van der Waals surface area (Å²) in [6.45, 7) is 7.49. The summed E-state index contributed by atoms with van der Waals surface area (Å²) in [6, 6.07) is 1.14. The number of likely N-dealkylation sites (tertiary alicyclic amines) is 2. The fraction of sp³-hybridized carbons (Fsp3) is 0.952. The van der Waals surface area contributed by atoms with Crippen molar-refractivity contribution in [3.63, 3.8) is 0 Å². The minimum Gasteiger partial charge on any atom is -0.379 e. The first-order chi connectivity index (χ1) is 15.5. The standard InChI is InChI=1S/C21H39ClN8O2/c1-32-15-11-29(12-15)14-3-6-28(7-4-14)17-2-5-24-9-16(17)26-21(31)18-19(23)27-30-10-13(22)8-25-20(18)30/h13-20,24-25,27H,2-12,23H2,1H3,(H,26,31). The number of carbonyl (C=O) groups is 1. The number of hydrogen-bond donors (Lipinski definition) is 5. The van der Waals surface area contributed by atoms with Gasteiger partial charge in [0.25, 0.3) is 0 Å². The number of piperidine rings is 2. The highest BCUT2D eigenvalue weighted by Gasteiger charge is 2.47. The van der Waals surface area contributed by atoms with E-state index in [0.29, 0.717) is 31.3 Å². The maximum Gasteiger partial charge on any atom is 0.229 e. The molecule has 0 aromatic carbocycles. The van der Waals surface area contributed by atoms with E-state index >= 15 is 0 Å². The summed E-state index contributed by atoms with van der Waals surface area (Å²) in [5.41, 5.74) is 9.54. The van der Waals surface area contributed by atoms with E-state index < -0.39 is 6.17 Å². The van der Waals surface area contributed by atoms with E-state index in [1.54, 1.807) is 7.11 Å². The molecule has 0 aliphatic carbocycles. The van der Waals surface area contributed by atoms with Crippen molar-refractivity contribution in [3.8, 4) is 0 Å². The Morgan fingerprint density at radius 3 is 2.66 bits per heavy atom. The molecule has 0 bridgehead atoms. The highest BCUT2D eigenvalue weighted by molar-refractivity contribution is 6.21. The Hall–Kier alpha value is -0.560. The molecule has 0 aromatic rings. The van der Waals surface area contributed by atoms with E-state index in [0.717, 1.165) is 45.7 Å². The Morgan fingerprint density at radius 2 is 1.91 bits per heavy atom. The SMILES string of the molecule is COC1CN(C2CCN(C3CCNCC3NC(=O)C3C(N)NN4CC(Cl)CNC34)CC2)C1. The lowest BCUT2D eigenvalue weighted by molar-refractivity contribution is -0.128. The van der Waals surface area contributed by atoms with Crippen LogP contribution in [0.4, 0.5) is 0 Å². The number of nitrogens with two attached hydrogens (primary N) is 1. The molecule has 0 saturated carbocycles. The molecule has 5 heterocycles. The molecule has 6 atom stereocenters. The van der Waals surface area contributed by atoms with Crippen molar-refractivity contribution in [1.29, 1.82) is 0 Å². The zero-order chi connectivity index (χ0) is 22.2. The first kappa shape index (κ1) is 23.2. The number of methoxy groups -OCH3 is 1. The quantitative estimate of drug-likeness (QED) is 0.288. The molecule has 32 heavy (non-hydrogen) atoms. The fourth-order valence-corrected chi connectivity index (χ4v) is 6.42. The second-order valence-electron chi connectivity index (χ2n) is 10.0. The van der Waals surface area contributed by atoms with Crippen LogP contribution in [0.2, 0.25) is 0 Å². The lowest BCUT2D eigenvalue weighted by atomic mass is 9.92. The van der Waals surface area contributed by atoms with Crippen LogP contribution in [0.3, 0.4) is 0 Å². The van der Waals surface area contributed by atoms with Crippen LogP contribution in [0.25, 0.3) is 0 Å². The molecule has 5 aliphatic heterocycles. The van der Waals surface area contributed by atoms with Crippen LogP contribution < -0.4 is 27.1 Å². The van der Waals surface area contributed by atoms with Gasteiger partial charge in [0.15, 0.2) is 0 Å². The van der Waals surface area contributed by atoms with Gasteiger partial charge in [-0.1, -0.05) is 0 Å². The van der Waals surface area contributed by atoms with Crippen molar-refractivity contribution < 1.29 is 9.53 Å². The molecule has 1 amide bonds. The molecule has 0 spiro atoms. The second-order valence-corrected chi connectivity index (χ2v) is 10.7. The van der Waals surface area contributed by atoms with E-state index in [-0.39, 0.29) is 29.4 Å². The summed E-state index contributed by atoms with van der Waals surface area (Å²) in [5.74, 6) is -0.314. The van der Waals surface area contributed by atoms with Gasteiger partial charge in [-0.05, 0) is 25.8 Å². The number of ether oxygens (including phenoxy) is 1. The van der Waals surface area contributed by atoms with Gasteiger partial charge in [-0.2, -0.15) is 0 Å². The number of amides is 1. The Labute approximate surface area is 195 Å². The molecule has 5 fully saturated rings. The van der Waals surface area contributed by atoms with Crippen LogP contribution in [0, 0.1) is 5.92 Å². The van der Waals surface area contributed by atoms with Crippen molar-refractivity contribution in [2.24, 2.45) is 11.7 Å². The number of hydrogen-bond acceptors (Lipinski definition) is 9. The van der Waals surface area contributed by atoms with Crippen molar-refractivity contribution in [2.45, 2.75) is 61.2 Å². The second kappa shape index (κ2) is 9.97. The van der Waals surface area contributed by atoms with E-state index in [1.807, 2.05) is 5.01 Å². The molecule has 5 rings (SSSR count). The summed E-state index contributed by atoms with van der Waals surface area (Å²) < 4.78 is 5.44. The van der Waals surface area contributed by atoms with Gasteiger partial charge in [0.1, 0.15) is 0 Å². The lowest BCUT2D eigenvalue weighted by Crippen LogP contribution is -2.65. The zero-order valence-electron chi connectivity index (χ0n) is 19.0. The van der Waals surface area contributed by atoms with Crippen LogP contribution in [-0.4, -0.2) is 122 Å². The minimum absolute atomic E-state index is 0.0132. The van der Waals surface area contributed by atoms with E-state index in [1.165, 1.54) is 12.8 Å². The minimum atomic E-state index is -0.410. The van der Waals surface area contributed by atoms with E-state index in [9.17, 15) is 4.79 Å². The predicted octanol–water partition coefficient (Wildman–Crippen LogP) is -2.11. The molecule has 5 aliphatic rings. The van der Waals surface area contributed by atoms with E-state index in [2.05, 4.69) is 31.2 Å². The molecule has 11 heteroatoms. The molecule has 6 N–H and O–H groups in total.